The average Bonchev–Trinajstić information content (AvgIpc) is 3.40. The number of carbonyl (C=O) groups is 2. The number of nitrogens with one attached hydrogen (secondary N) is 2. The molecule has 2 N–H and O–H groups in total. The van der Waals surface area contributed by atoms with Crippen molar-refractivity contribution in [2.24, 2.45) is 7.05 Å². The van der Waals surface area contributed by atoms with Gasteiger partial charge in [0.15, 0.2) is 5.82 Å². The average molecular weight is 660 g/mol. The van der Waals surface area contributed by atoms with Crippen molar-refractivity contribution in [2.75, 3.05) is 51.7 Å². The number of benzene rings is 2. The fourth-order valence-electron chi connectivity index (χ4n) is 6.75. The molecule has 0 spiro atoms. The number of anilines is 1. The Morgan fingerprint density at radius 1 is 1.07 bits per heavy atom. The second-order valence-corrected chi connectivity index (χ2v) is 14.0. The van der Waals surface area contributed by atoms with Gasteiger partial charge in [-0.3, -0.25) is 14.5 Å². The highest BCUT2D eigenvalue weighted by Crippen LogP contribution is 2.37. The van der Waals surface area contributed by atoms with Gasteiger partial charge in [-0.15, -0.1) is 0 Å². The number of hydrogen-bond donors (Lipinski definition) is 2. The molecule has 3 heterocycles. The maximum atomic E-state index is 14.6. The highest BCUT2D eigenvalue weighted by Gasteiger charge is 2.35. The van der Waals surface area contributed by atoms with E-state index in [2.05, 4.69) is 15.7 Å². The lowest BCUT2D eigenvalue weighted by Crippen LogP contribution is -2.44. The lowest BCUT2D eigenvalue weighted by atomic mass is 9.88. The maximum Gasteiger partial charge on any atom is 0.322 e. The molecule has 2 aliphatic rings. The van der Waals surface area contributed by atoms with E-state index in [0.717, 1.165) is 22.8 Å². The fourth-order valence-corrected chi connectivity index (χ4v) is 8.27. The predicted octanol–water partition coefficient (Wildman–Crippen LogP) is 3.87. The maximum absolute atomic E-state index is 14.6. The van der Waals surface area contributed by atoms with Gasteiger partial charge < -0.3 is 15.4 Å². The Bertz CT molecular complexity index is 1630. The van der Waals surface area contributed by atoms with E-state index in [1.165, 1.54) is 28.4 Å². The molecular formula is C32H43F2N7O4S. The summed E-state index contributed by atoms with van der Waals surface area (Å²) in [6.07, 6.45) is 0.967. The zero-order valence-electron chi connectivity index (χ0n) is 26.5. The van der Waals surface area contributed by atoms with Crippen LogP contribution in [0.3, 0.4) is 0 Å². The van der Waals surface area contributed by atoms with Crippen LogP contribution in [-0.4, -0.2) is 99.0 Å². The van der Waals surface area contributed by atoms with Gasteiger partial charge in [-0.05, 0) is 87.1 Å². The molecule has 250 valence electrons. The van der Waals surface area contributed by atoms with E-state index >= 15 is 0 Å². The molecule has 1 unspecified atom stereocenters. The van der Waals surface area contributed by atoms with Gasteiger partial charge in [-0.2, -0.15) is 9.40 Å². The summed E-state index contributed by atoms with van der Waals surface area (Å²) in [6.45, 7) is 1.84. The molecule has 0 radical (unpaired) electrons. The molecule has 2 amide bonds. The van der Waals surface area contributed by atoms with Gasteiger partial charge in [0.2, 0.25) is 10.0 Å². The van der Waals surface area contributed by atoms with Gasteiger partial charge in [0.1, 0.15) is 6.29 Å². The van der Waals surface area contributed by atoms with E-state index in [0.29, 0.717) is 63.2 Å². The molecule has 46 heavy (non-hydrogen) atoms. The first-order chi connectivity index (χ1) is 22.1. The van der Waals surface area contributed by atoms with Crippen LogP contribution in [-0.2, 0) is 21.9 Å². The molecule has 1 aromatic heterocycles. The third-order valence-corrected chi connectivity index (χ3v) is 11.3. The summed E-state index contributed by atoms with van der Waals surface area (Å²) in [6, 6.07) is 10.7. The van der Waals surface area contributed by atoms with Gasteiger partial charge in [0.25, 0.3) is 6.43 Å². The van der Waals surface area contributed by atoms with Crippen LogP contribution in [0.2, 0.25) is 0 Å². The van der Waals surface area contributed by atoms with Crippen molar-refractivity contribution in [1.82, 2.24) is 29.6 Å². The first-order valence-corrected chi connectivity index (χ1v) is 17.2. The minimum Gasteiger partial charge on any atom is -0.341 e. The number of aldehydes is 1. The topological polar surface area (TPSA) is 120 Å². The number of urea groups is 1. The second kappa shape index (κ2) is 14.5. The number of rotatable bonds is 11. The quantitative estimate of drug-likeness (QED) is 0.300. The minimum atomic E-state index is -3.79. The van der Waals surface area contributed by atoms with Crippen LogP contribution >= 0.6 is 0 Å². The summed E-state index contributed by atoms with van der Waals surface area (Å²) in [5.41, 5.74) is 2.19. The smallest absolute Gasteiger partial charge is 0.322 e. The number of likely N-dealkylation sites (tertiary alicyclic amines) is 1. The number of hydrogen-bond acceptors (Lipinski definition) is 7. The van der Waals surface area contributed by atoms with Gasteiger partial charge >= 0.3 is 6.03 Å². The Labute approximate surface area is 268 Å². The van der Waals surface area contributed by atoms with Crippen molar-refractivity contribution in [2.45, 2.75) is 61.4 Å². The summed E-state index contributed by atoms with van der Waals surface area (Å²) >= 11 is 0. The third kappa shape index (κ3) is 6.94. The van der Waals surface area contributed by atoms with Crippen LogP contribution in [0, 0.1) is 0 Å². The molecule has 2 fully saturated rings. The standard InChI is InChI=1S/C32H43F2N7O4S/c1-35-25-12-17-40(18-13-25)46(44,45)26-7-4-6-24(20-26)29(30(33)34)39-15-10-22(11-16-39)23-8-9-27-28(21-23)38(3)37-31(27)41(14-5-19-42)32(43)36-2/h4,6-9,19-22,25,29-30,35H,5,10-18H2,1-3H3,(H,36,43). The highest BCUT2D eigenvalue weighted by molar-refractivity contribution is 7.89. The normalized spacial score (nSPS) is 18.2. The number of halogens is 2. The molecule has 11 nitrogen and oxygen atoms in total. The van der Waals surface area contributed by atoms with E-state index in [1.54, 1.807) is 28.8 Å². The molecule has 1 atom stereocenters. The summed E-state index contributed by atoms with van der Waals surface area (Å²) in [7, 11) is 1.40. The van der Waals surface area contributed by atoms with E-state index in [1.807, 2.05) is 25.2 Å². The molecule has 3 aromatic rings. The van der Waals surface area contributed by atoms with Crippen molar-refractivity contribution >= 4 is 39.1 Å². The lowest BCUT2D eigenvalue weighted by Gasteiger charge is -2.38. The molecule has 0 aliphatic carbocycles. The van der Waals surface area contributed by atoms with E-state index in [4.69, 9.17) is 0 Å². The number of alkyl halides is 2. The fraction of sp³-hybridized carbons (Fsp3) is 0.531. The monoisotopic (exact) mass is 659 g/mol. The zero-order chi connectivity index (χ0) is 33.0. The molecule has 5 rings (SSSR count). The summed E-state index contributed by atoms with van der Waals surface area (Å²) in [5, 5.41) is 11.1. The third-order valence-electron chi connectivity index (χ3n) is 9.37. The van der Waals surface area contributed by atoms with E-state index < -0.39 is 22.5 Å². The number of sulfonamides is 1. The van der Waals surface area contributed by atoms with Crippen molar-refractivity contribution in [3.05, 3.63) is 53.6 Å². The van der Waals surface area contributed by atoms with Gasteiger partial charge in [0, 0.05) is 51.6 Å². The molecule has 2 saturated heterocycles. The molecule has 14 heteroatoms. The minimum absolute atomic E-state index is 0.0541. The van der Waals surface area contributed by atoms with Crippen molar-refractivity contribution in [1.29, 1.82) is 0 Å². The predicted molar refractivity (Wildman–Crippen MR) is 173 cm³/mol. The number of amides is 2. The number of aryl methyl sites for hydroxylation is 1. The van der Waals surface area contributed by atoms with Crippen LogP contribution in [0.5, 0.6) is 0 Å². The summed E-state index contributed by atoms with van der Waals surface area (Å²) in [4.78, 5) is 26.8. The Morgan fingerprint density at radius 2 is 1.78 bits per heavy atom. The lowest BCUT2D eigenvalue weighted by molar-refractivity contribution is -0.107. The Morgan fingerprint density at radius 3 is 2.41 bits per heavy atom. The second-order valence-electron chi connectivity index (χ2n) is 12.0. The van der Waals surface area contributed by atoms with Gasteiger partial charge in [-0.1, -0.05) is 18.2 Å². The Kier molecular flexibility index (Phi) is 10.7. The number of aromatic nitrogens is 2. The molecule has 2 aliphatic heterocycles. The first-order valence-electron chi connectivity index (χ1n) is 15.8. The van der Waals surface area contributed by atoms with Gasteiger partial charge in [-0.25, -0.2) is 22.0 Å². The van der Waals surface area contributed by atoms with E-state index in [9.17, 15) is 26.8 Å². The van der Waals surface area contributed by atoms with Crippen LogP contribution < -0.4 is 15.5 Å². The molecule has 0 saturated carbocycles. The van der Waals surface area contributed by atoms with Crippen molar-refractivity contribution < 1.29 is 26.8 Å². The zero-order valence-corrected chi connectivity index (χ0v) is 27.3. The largest absolute Gasteiger partial charge is 0.341 e. The number of carbonyl (C=O) groups excluding carboxylic acids is 2. The summed E-state index contributed by atoms with van der Waals surface area (Å²) < 4.78 is 59.2. The number of fused-ring (bicyclic) bond motifs is 1. The number of piperidine rings is 2. The van der Waals surface area contributed by atoms with Crippen LogP contribution in [0.15, 0.2) is 47.4 Å². The van der Waals surface area contributed by atoms with Crippen molar-refractivity contribution in [3.63, 3.8) is 0 Å². The number of nitrogens with zero attached hydrogens (tertiary/aromatic N) is 5. The van der Waals surface area contributed by atoms with Crippen LogP contribution in [0.1, 0.15) is 55.2 Å². The van der Waals surface area contributed by atoms with Crippen LogP contribution in [0.25, 0.3) is 10.9 Å². The van der Waals surface area contributed by atoms with E-state index in [-0.39, 0.29) is 35.9 Å². The highest BCUT2D eigenvalue weighted by atomic mass is 32.2. The molecule has 2 aromatic carbocycles. The summed E-state index contributed by atoms with van der Waals surface area (Å²) in [5.74, 6) is 0.598. The Hall–Kier alpha value is -3.46. The SMILES string of the molecule is CNC(=O)N(CCC=O)c1nn(C)c2cc(C3CCN(C(c4cccc(S(=O)(=O)N5CCC(NC)CC5)c4)C(F)F)CC3)ccc12. The van der Waals surface area contributed by atoms with Crippen molar-refractivity contribution in [3.8, 4) is 0 Å². The molecule has 0 bridgehead atoms. The van der Waals surface area contributed by atoms with Crippen LogP contribution in [0.4, 0.5) is 19.4 Å². The Balaban J connectivity index is 1.31. The first kappa shape index (κ1) is 33.9. The molecular weight excluding hydrogens is 616 g/mol. The van der Waals surface area contributed by atoms with Gasteiger partial charge in [0.05, 0.1) is 16.5 Å².